The lowest BCUT2D eigenvalue weighted by atomic mass is 10.1. The molecule has 0 aliphatic heterocycles. The number of thiophene rings is 1. The zero-order valence-corrected chi connectivity index (χ0v) is 10.5. The quantitative estimate of drug-likeness (QED) is 0.747. The molecule has 0 saturated heterocycles. The minimum absolute atomic E-state index is 0.145. The fraction of sp³-hybridized carbons (Fsp3) is 0.214. The molecule has 0 bridgehead atoms. The van der Waals surface area contributed by atoms with Crippen LogP contribution in [0.5, 0.6) is 5.75 Å². The molecule has 3 heteroatoms. The molecule has 17 heavy (non-hydrogen) atoms. The second-order valence-corrected chi connectivity index (χ2v) is 4.70. The van der Waals surface area contributed by atoms with Crippen molar-refractivity contribution < 1.29 is 9.53 Å². The van der Waals surface area contributed by atoms with Crippen molar-refractivity contribution in [3.8, 4) is 5.75 Å². The number of ether oxygens (including phenoxy) is 1. The van der Waals surface area contributed by atoms with Crippen molar-refractivity contribution in [3.63, 3.8) is 0 Å². The number of ketones is 1. The van der Waals surface area contributed by atoms with Crippen molar-refractivity contribution in [1.82, 2.24) is 0 Å². The van der Waals surface area contributed by atoms with Crippen LogP contribution in [0.1, 0.15) is 28.6 Å². The third-order valence-corrected chi connectivity index (χ3v) is 3.29. The highest BCUT2D eigenvalue weighted by Crippen LogP contribution is 2.17. The zero-order valence-electron chi connectivity index (χ0n) is 9.68. The highest BCUT2D eigenvalue weighted by atomic mass is 32.1. The molecule has 2 nitrogen and oxygen atoms in total. The lowest BCUT2D eigenvalue weighted by Gasteiger charge is -2.06. The third-order valence-electron chi connectivity index (χ3n) is 2.44. The lowest BCUT2D eigenvalue weighted by molar-refractivity contribution is 0.0987. The van der Waals surface area contributed by atoms with E-state index in [1.54, 1.807) is 17.4 Å². The fourth-order valence-electron chi connectivity index (χ4n) is 1.51. The number of Topliss-reactive ketones (excluding diaryl/α,β-unsaturated/α-hetero) is 1. The summed E-state index contributed by atoms with van der Waals surface area (Å²) in [4.78, 5) is 12.7. The molecule has 0 aliphatic rings. The lowest BCUT2D eigenvalue weighted by Crippen LogP contribution is -1.98. The third kappa shape index (κ3) is 3.17. The predicted octanol–water partition coefficient (Wildman–Crippen LogP) is 3.92. The number of carbonyl (C=O) groups excluding carboxylic acids is 1. The molecule has 0 fully saturated rings. The Hall–Kier alpha value is -1.61. The van der Waals surface area contributed by atoms with Gasteiger partial charge >= 0.3 is 0 Å². The van der Waals surface area contributed by atoms with Crippen molar-refractivity contribution in [1.29, 1.82) is 0 Å². The molecule has 0 radical (unpaired) electrons. The molecule has 88 valence electrons. The van der Waals surface area contributed by atoms with E-state index in [1.165, 1.54) is 4.88 Å². The first-order valence-corrected chi connectivity index (χ1v) is 6.46. The standard InChI is InChI=1S/C14H14O2S/c1-2-14(15)11-5-3-6-12(9-11)16-10-13-7-4-8-17-13/h3-9H,2,10H2,1H3. The summed E-state index contributed by atoms with van der Waals surface area (Å²) in [6, 6.07) is 11.4. The Balaban J connectivity index is 2.03. The van der Waals surface area contributed by atoms with E-state index in [-0.39, 0.29) is 5.78 Å². The molecule has 0 saturated carbocycles. The molecule has 0 aliphatic carbocycles. The summed E-state index contributed by atoms with van der Waals surface area (Å²) in [5.74, 6) is 0.893. The van der Waals surface area contributed by atoms with Crippen LogP contribution in [0.25, 0.3) is 0 Å². The summed E-state index contributed by atoms with van der Waals surface area (Å²) in [6.45, 7) is 2.42. The van der Waals surface area contributed by atoms with Crippen LogP contribution in [-0.4, -0.2) is 5.78 Å². The van der Waals surface area contributed by atoms with Gasteiger partial charge in [0.25, 0.3) is 0 Å². The van der Waals surface area contributed by atoms with Gasteiger partial charge in [0.05, 0.1) is 0 Å². The number of benzene rings is 1. The van der Waals surface area contributed by atoms with Crippen LogP contribution in [0.2, 0.25) is 0 Å². The molecule has 0 amide bonds. The van der Waals surface area contributed by atoms with E-state index < -0.39 is 0 Å². The number of hydrogen-bond donors (Lipinski definition) is 0. The Morgan fingerprint density at radius 2 is 2.18 bits per heavy atom. The SMILES string of the molecule is CCC(=O)c1cccc(OCc2cccs2)c1. The molecule has 2 rings (SSSR count). The first-order chi connectivity index (χ1) is 8.29. The van der Waals surface area contributed by atoms with Gasteiger partial charge in [0, 0.05) is 16.9 Å². The van der Waals surface area contributed by atoms with Gasteiger partial charge < -0.3 is 4.74 Å². The highest BCUT2D eigenvalue weighted by molar-refractivity contribution is 7.09. The minimum atomic E-state index is 0.145. The largest absolute Gasteiger partial charge is 0.488 e. The Morgan fingerprint density at radius 3 is 2.88 bits per heavy atom. The maximum Gasteiger partial charge on any atom is 0.162 e. The monoisotopic (exact) mass is 246 g/mol. The van der Waals surface area contributed by atoms with Gasteiger partial charge in [-0.2, -0.15) is 0 Å². The van der Waals surface area contributed by atoms with Gasteiger partial charge in [0.2, 0.25) is 0 Å². The summed E-state index contributed by atoms with van der Waals surface area (Å²) in [7, 11) is 0. The normalized spacial score (nSPS) is 10.2. The Bertz CT molecular complexity index is 489. The Labute approximate surface area is 105 Å². The zero-order chi connectivity index (χ0) is 12.1. The van der Waals surface area contributed by atoms with Crippen LogP contribution in [0.3, 0.4) is 0 Å². The van der Waals surface area contributed by atoms with E-state index in [4.69, 9.17) is 4.74 Å². The Morgan fingerprint density at radius 1 is 1.29 bits per heavy atom. The van der Waals surface area contributed by atoms with Crippen LogP contribution in [0.15, 0.2) is 41.8 Å². The molecular formula is C14H14O2S. The van der Waals surface area contributed by atoms with Crippen LogP contribution < -0.4 is 4.74 Å². The maximum absolute atomic E-state index is 11.5. The summed E-state index contributed by atoms with van der Waals surface area (Å²) in [6.07, 6.45) is 0.522. The van der Waals surface area contributed by atoms with E-state index in [0.29, 0.717) is 13.0 Å². The molecule has 1 heterocycles. The van der Waals surface area contributed by atoms with Crippen molar-refractivity contribution >= 4 is 17.1 Å². The number of carbonyl (C=O) groups is 1. The van der Waals surface area contributed by atoms with Crippen molar-refractivity contribution in [2.24, 2.45) is 0 Å². The highest BCUT2D eigenvalue weighted by Gasteiger charge is 2.04. The average molecular weight is 246 g/mol. The van der Waals surface area contributed by atoms with Gasteiger partial charge in [0.1, 0.15) is 12.4 Å². The fourth-order valence-corrected chi connectivity index (χ4v) is 2.13. The molecule has 0 spiro atoms. The van der Waals surface area contributed by atoms with E-state index in [1.807, 2.05) is 42.6 Å². The molecule has 1 aromatic heterocycles. The van der Waals surface area contributed by atoms with E-state index in [2.05, 4.69) is 0 Å². The maximum atomic E-state index is 11.5. The van der Waals surface area contributed by atoms with Gasteiger partial charge in [0.15, 0.2) is 5.78 Å². The molecule has 2 aromatic rings. The molecular weight excluding hydrogens is 232 g/mol. The van der Waals surface area contributed by atoms with Crippen molar-refractivity contribution in [2.75, 3.05) is 0 Å². The van der Waals surface area contributed by atoms with Crippen molar-refractivity contribution in [2.45, 2.75) is 20.0 Å². The van der Waals surface area contributed by atoms with Gasteiger partial charge in [-0.25, -0.2) is 0 Å². The molecule has 1 aromatic carbocycles. The van der Waals surface area contributed by atoms with Gasteiger partial charge in [-0.3, -0.25) is 4.79 Å². The first-order valence-electron chi connectivity index (χ1n) is 5.58. The van der Waals surface area contributed by atoms with E-state index in [9.17, 15) is 4.79 Å². The first kappa shape index (κ1) is 11.9. The van der Waals surface area contributed by atoms with Crippen LogP contribution in [0, 0.1) is 0 Å². The topological polar surface area (TPSA) is 26.3 Å². The predicted molar refractivity (Wildman–Crippen MR) is 69.7 cm³/mol. The van der Waals surface area contributed by atoms with E-state index in [0.717, 1.165) is 11.3 Å². The van der Waals surface area contributed by atoms with Crippen LogP contribution in [0.4, 0.5) is 0 Å². The van der Waals surface area contributed by atoms with Gasteiger partial charge in [-0.15, -0.1) is 11.3 Å². The van der Waals surface area contributed by atoms with Crippen molar-refractivity contribution in [3.05, 3.63) is 52.2 Å². The van der Waals surface area contributed by atoms with Crippen LogP contribution >= 0.6 is 11.3 Å². The summed E-state index contributed by atoms with van der Waals surface area (Å²) in [5.41, 5.74) is 0.719. The number of rotatable bonds is 5. The number of hydrogen-bond acceptors (Lipinski definition) is 3. The molecule has 0 N–H and O–H groups in total. The molecule has 0 unspecified atom stereocenters. The van der Waals surface area contributed by atoms with Gasteiger partial charge in [-0.1, -0.05) is 25.1 Å². The summed E-state index contributed by atoms with van der Waals surface area (Å²) < 4.78 is 5.64. The smallest absolute Gasteiger partial charge is 0.162 e. The average Bonchev–Trinajstić information content (AvgIpc) is 2.89. The molecule has 0 atom stereocenters. The minimum Gasteiger partial charge on any atom is -0.488 e. The van der Waals surface area contributed by atoms with Crippen LogP contribution in [-0.2, 0) is 6.61 Å². The second kappa shape index (κ2) is 5.64. The summed E-state index contributed by atoms with van der Waals surface area (Å²) >= 11 is 1.67. The summed E-state index contributed by atoms with van der Waals surface area (Å²) in [5, 5.41) is 2.02. The Kier molecular flexibility index (Phi) is 3.94. The second-order valence-electron chi connectivity index (χ2n) is 3.67. The van der Waals surface area contributed by atoms with Gasteiger partial charge in [-0.05, 0) is 23.6 Å². The van der Waals surface area contributed by atoms with E-state index >= 15 is 0 Å².